The van der Waals surface area contributed by atoms with Gasteiger partial charge >= 0.3 is 0 Å². The average Bonchev–Trinajstić information content (AvgIpc) is 3.06. The highest BCUT2D eigenvalue weighted by Gasteiger charge is 2.30. The van der Waals surface area contributed by atoms with E-state index < -0.39 is 5.60 Å². The summed E-state index contributed by atoms with van der Waals surface area (Å²) in [7, 11) is 0. The Hall–Kier alpha value is -2.17. The molecule has 4 heteroatoms. The van der Waals surface area contributed by atoms with Gasteiger partial charge in [0, 0.05) is 31.5 Å². The summed E-state index contributed by atoms with van der Waals surface area (Å²) in [5.74, 6) is 1.49. The third-order valence-corrected chi connectivity index (χ3v) is 4.44. The highest BCUT2D eigenvalue weighted by atomic mass is 19.1. The lowest BCUT2D eigenvalue weighted by Crippen LogP contribution is -2.27. The van der Waals surface area contributed by atoms with Crippen LogP contribution in [0.25, 0.3) is 0 Å². The minimum atomic E-state index is -1.13. The van der Waals surface area contributed by atoms with Gasteiger partial charge in [-0.05, 0) is 24.1 Å². The molecule has 0 radical (unpaired) electrons. The lowest BCUT2D eigenvalue weighted by molar-refractivity contribution is 0.0185. The fourth-order valence-electron chi connectivity index (χ4n) is 3.26. The molecule has 0 fully saturated rings. The Bertz CT molecular complexity index is 740. The van der Waals surface area contributed by atoms with Crippen LogP contribution in [0.15, 0.2) is 66.1 Å². The van der Waals surface area contributed by atoms with E-state index in [2.05, 4.69) is 31.9 Å². The van der Waals surface area contributed by atoms with Gasteiger partial charge in [-0.2, -0.15) is 0 Å². The minimum Gasteiger partial charge on any atom is -0.462 e. The number of rotatable bonds is 11. The van der Waals surface area contributed by atoms with E-state index in [4.69, 9.17) is 4.42 Å². The normalized spacial score (nSPS) is 11.9. The summed E-state index contributed by atoms with van der Waals surface area (Å²) in [5, 5.41) is 10.8. The van der Waals surface area contributed by atoms with Crippen molar-refractivity contribution in [2.24, 2.45) is 5.92 Å². The number of hydrogen-bond acceptors (Lipinski definition) is 3. The topological polar surface area (TPSA) is 36.6 Å². The Balaban J connectivity index is 2.18. The van der Waals surface area contributed by atoms with E-state index in [0.29, 0.717) is 43.2 Å². The molecular weight excluding hydrogens is 341 g/mol. The van der Waals surface area contributed by atoms with Gasteiger partial charge in [-0.15, -0.1) is 13.2 Å². The molecule has 2 aromatic rings. The maximum atomic E-state index is 14.1. The number of nitrogens with zero attached hydrogens (tertiary/aromatic N) is 1. The van der Waals surface area contributed by atoms with Crippen LogP contribution in [-0.4, -0.2) is 16.6 Å². The van der Waals surface area contributed by atoms with Gasteiger partial charge in [-0.25, -0.2) is 4.39 Å². The van der Waals surface area contributed by atoms with Crippen LogP contribution in [0.5, 0.6) is 0 Å². The fourth-order valence-corrected chi connectivity index (χ4v) is 3.26. The smallest absolute Gasteiger partial charge is 0.136 e. The molecule has 1 N–H and O–H groups in total. The largest absolute Gasteiger partial charge is 0.462 e. The summed E-state index contributed by atoms with van der Waals surface area (Å²) >= 11 is 0. The highest BCUT2D eigenvalue weighted by molar-refractivity contribution is 5.19. The van der Waals surface area contributed by atoms with Crippen LogP contribution >= 0.6 is 0 Å². The first-order valence-corrected chi connectivity index (χ1v) is 9.37. The number of hydrogen-bond donors (Lipinski definition) is 1. The third kappa shape index (κ3) is 5.91. The van der Waals surface area contributed by atoms with Gasteiger partial charge in [-0.1, -0.05) is 44.2 Å². The van der Waals surface area contributed by atoms with Crippen LogP contribution < -0.4 is 0 Å². The molecule has 27 heavy (non-hydrogen) atoms. The van der Waals surface area contributed by atoms with E-state index in [1.54, 1.807) is 24.3 Å². The van der Waals surface area contributed by atoms with Gasteiger partial charge in [-0.3, -0.25) is 4.90 Å². The van der Waals surface area contributed by atoms with Crippen LogP contribution in [0, 0.1) is 11.7 Å². The first-order chi connectivity index (χ1) is 12.9. The van der Waals surface area contributed by atoms with Crippen molar-refractivity contribution in [3.8, 4) is 0 Å². The second-order valence-electron chi connectivity index (χ2n) is 7.44. The van der Waals surface area contributed by atoms with Crippen molar-refractivity contribution < 1.29 is 13.9 Å². The summed E-state index contributed by atoms with van der Waals surface area (Å²) in [5.41, 5.74) is -0.462. The van der Waals surface area contributed by atoms with Crippen molar-refractivity contribution in [1.82, 2.24) is 4.90 Å². The van der Waals surface area contributed by atoms with Crippen LogP contribution in [-0.2, 0) is 18.7 Å². The van der Waals surface area contributed by atoms with Crippen LogP contribution in [0.2, 0.25) is 0 Å². The quantitative estimate of drug-likeness (QED) is 0.536. The molecule has 0 amide bonds. The Kier molecular flexibility index (Phi) is 7.57. The Morgan fingerprint density at radius 1 is 1.11 bits per heavy atom. The molecular formula is C23H30FNO2. The molecule has 0 saturated carbocycles. The minimum absolute atomic E-state index is 0.197. The Morgan fingerprint density at radius 3 is 2.37 bits per heavy atom. The molecule has 3 nitrogen and oxygen atoms in total. The standard InChI is InChI=1S/C23H30FNO2/c1-5-13-23(26,14-6-2)22-12-11-20(27-22)17-25(15-18(3)4)16-19-9-7-8-10-21(19)24/h5-12,18,26H,1-2,13-17H2,3-4H3. The zero-order chi connectivity index (χ0) is 19.9. The molecule has 1 aromatic carbocycles. The molecule has 146 valence electrons. The second-order valence-corrected chi connectivity index (χ2v) is 7.44. The first kappa shape index (κ1) is 21.1. The lowest BCUT2D eigenvalue weighted by atomic mass is 9.93. The molecule has 0 aliphatic carbocycles. The third-order valence-electron chi connectivity index (χ3n) is 4.44. The number of furan rings is 1. The zero-order valence-corrected chi connectivity index (χ0v) is 16.3. The zero-order valence-electron chi connectivity index (χ0n) is 16.3. The fraction of sp³-hybridized carbons (Fsp3) is 0.391. The molecule has 0 aliphatic heterocycles. The van der Waals surface area contributed by atoms with Gasteiger partial charge < -0.3 is 9.52 Å². The summed E-state index contributed by atoms with van der Waals surface area (Å²) < 4.78 is 20.0. The van der Waals surface area contributed by atoms with Crippen LogP contribution in [0.1, 0.15) is 43.8 Å². The molecule has 0 bridgehead atoms. The summed E-state index contributed by atoms with van der Waals surface area (Å²) in [6, 6.07) is 10.5. The Labute approximate surface area is 161 Å². The van der Waals surface area contributed by atoms with E-state index >= 15 is 0 Å². The summed E-state index contributed by atoms with van der Waals surface area (Å²) in [6.45, 7) is 13.6. The molecule has 1 aromatic heterocycles. The number of halogens is 1. The van der Waals surface area contributed by atoms with Gasteiger partial charge in [0.15, 0.2) is 0 Å². The van der Waals surface area contributed by atoms with Gasteiger partial charge in [0.05, 0.1) is 6.54 Å². The predicted octanol–water partition coefficient (Wildman–Crippen LogP) is 5.42. The molecule has 0 spiro atoms. The molecule has 2 rings (SSSR count). The van der Waals surface area contributed by atoms with E-state index in [-0.39, 0.29) is 5.82 Å². The van der Waals surface area contributed by atoms with Crippen LogP contribution in [0.3, 0.4) is 0 Å². The van der Waals surface area contributed by atoms with Crippen LogP contribution in [0.4, 0.5) is 4.39 Å². The predicted molar refractivity (Wildman–Crippen MR) is 108 cm³/mol. The molecule has 0 atom stereocenters. The molecule has 1 heterocycles. The maximum absolute atomic E-state index is 14.1. The molecule has 0 unspecified atom stereocenters. The summed E-state index contributed by atoms with van der Waals surface area (Å²) in [6.07, 6.45) is 4.12. The monoisotopic (exact) mass is 371 g/mol. The van der Waals surface area contributed by atoms with E-state index in [0.717, 1.165) is 12.3 Å². The Morgan fingerprint density at radius 2 is 1.78 bits per heavy atom. The van der Waals surface area contributed by atoms with Crippen molar-refractivity contribution in [3.05, 3.63) is 84.6 Å². The number of aliphatic hydroxyl groups is 1. The van der Waals surface area contributed by atoms with Crippen molar-refractivity contribution in [2.45, 2.75) is 45.4 Å². The second kappa shape index (κ2) is 9.67. The average molecular weight is 371 g/mol. The molecule has 0 saturated heterocycles. The van der Waals surface area contributed by atoms with Gasteiger partial charge in [0.1, 0.15) is 22.9 Å². The number of benzene rings is 1. The van der Waals surface area contributed by atoms with E-state index in [1.165, 1.54) is 6.07 Å². The lowest BCUT2D eigenvalue weighted by Gasteiger charge is -2.25. The summed E-state index contributed by atoms with van der Waals surface area (Å²) in [4.78, 5) is 2.16. The maximum Gasteiger partial charge on any atom is 0.136 e. The van der Waals surface area contributed by atoms with Crippen molar-refractivity contribution in [3.63, 3.8) is 0 Å². The SMILES string of the molecule is C=CCC(O)(CC=C)c1ccc(CN(Cc2ccccc2F)CC(C)C)o1. The van der Waals surface area contributed by atoms with Gasteiger partial charge in [0.25, 0.3) is 0 Å². The van der Waals surface area contributed by atoms with Gasteiger partial charge in [0.2, 0.25) is 0 Å². The molecule has 0 aliphatic rings. The van der Waals surface area contributed by atoms with Crippen molar-refractivity contribution >= 4 is 0 Å². The highest BCUT2D eigenvalue weighted by Crippen LogP contribution is 2.31. The first-order valence-electron chi connectivity index (χ1n) is 9.37. The van der Waals surface area contributed by atoms with Crippen molar-refractivity contribution in [2.75, 3.05) is 6.54 Å². The van der Waals surface area contributed by atoms with Crippen molar-refractivity contribution in [1.29, 1.82) is 0 Å². The van der Waals surface area contributed by atoms with E-state index in [1.807, 2.05) is 18.2 Å². The van der Waals surface area contributed by atoms with E-state index in [9.17, 15) is 9.50 Å².